The van der Waals surface area contributed by atoms with Crippen LogP contribution in [0.15, 0.2) is 35.4 Å². The van der Waals surface area contributed by atoms with Crippen LogP contribution in [0.25, 0.3) is 21.8 Å². The van der Waals surface area contributed by atoms with Crippen LogP contribution >= 0.6 is 0 Å². The number of ether oxygens (including phenoxy) is 1. The summed E-state index contributed by atoms with van der Waals surface area (Å²) >= 11 is 0. The topological polar surface area (TPSA) is 47.0 Å². The first-order chi connectivity index (χ1) is 8.22. The molecular formula is C13H12N2O2. The summed E-state index contributed by atoms with van der Waals surface area (Å²) in [6.45, 7) is 0. The fourth-order valence-electron chi connectivity index (χ4n) is 2.28. The van der Waals surface area contributed by atoms with Crippen LogP contribution in [0.5, 0.6) is 5.75 Å². The molecule has 1 aromatic carbocycles. The van der Waals surface area contributed by atoms with Gasteiger partial charge in [0, 0.05) is 30.3 Å². The van der Waals surface area contributed by atoms with Crippen LogP contribution in [0, 0.1) is 0 Å². The second-order valence-corrected chi connectivity index (χ2v) is 4.04. The van der Waals surface area contributed by atoms with E-state index in [1.165, 1.54) is 7.11 Å². The molecule has 0 unspecified atom stereocenters. The molecular weight excluding hydrogens is 216 g/mol. The van der Waals surface area contributed by atoms with Crippen molar-refractivity contribution in [2.45, 2.75) is 0 Å². The Morgan fingerprint density at radius 2 is 2.18 bits per heavy atom. The minimum atomic E-state index is -0.0886. The molecule has 1 N–H and O–H groups in total. The van der Waals surface area contributed by atoms with Crippen molar-refractivity contribution < 1.29 is 4.74 Å². The average molecular weight is 228 g/mol. The average Bonchev–Trinajstić information content (AvgIpc) is 2.33. The summed E-state index contributed by atoms with van der Waals surface area (Å²) in [7, 11) is 3.43. The van der Waals surface area contributed by atoms with Gasteiger partial charge in [0.1, 0.15) is 0 Å². The predicted molar refractivity (Wildman–Crippen MR) is 67.6 cm³/mol. The van der Waals surface area contributed by atoms with Crippen LogP contribution in [0.1, 0.15) is 0 Å². The van der Waals surface area contributed by atoms with Gasteiger partial charge in [-0.3, -0.25) is 4.79 Å². The van der Waals surface area contributed by atoms with E-state index < -0.39 is 0 Å². The van der Waals surface area contributed by atoms with Crippen molar-refractivity contribution in [3.05, 3.63) is 40.8 Å². The van der Waals surface area contributed by atoms with Gasteiger partial charge in [0.2, 0.25) is 5.43 Å². The number of rotatable bonds is 1. The maximum absolute atomic E-state index is 11.9. The highest BCUT2D eigenvalue weighted by Gasteiger charge is 2.12. The van der Waals surface area contributed by atoms with Crippen molar-refractivity contribution in [2.75, 3.05) is 7.11 Å². The largest absolute Gasteiger partial charge is 0.491 e. The zero-order valence-electron chi connectivity index (χ0n) is 9.65. The molecule has 17 heavy (non-hydrogen) atoms. The molecule has 0 bridgehead atoms. The maximum Gasteiger partial charge on any atom is 0.223 e. The Balaban J connectivity index is 2.72. The highest BCUT2D eigenvalue weighted by molar-refractivity contribution is 6.09. The molecule has 0 saturated carbocycles. The molecule has 86 valence electrons. The number of nitrogens with one attached hydrogen (secondary N) is 1. The van der Waals surface area contributed by atoms with E-state index >= 15 is 0 Å². The molecule has 3 rings (SSSR count). The fraction of sp³-hybridized carbons (Fsp3) is 0.154. The van der Waals surface area contributed by atoms with E-state index in [4.69, 9.17) is 4.74 Å². The molecule has 0 fully saturated rings. The summed E-state index contributed by atoms with van der Waals surface area (Å²) in [4.78, 5) is 15.1. The summed E-state index contributed by atoms with van der Waals surface area (Å²) in [6.07, 6.45) is 3.75. The van der Waals surface area contributed by atoms with Gasteiger partial charge in [-0.15, -0.1) is 0 Å². The van der Waals surface area contributed by atoms with Crippen LogP contribution in [0.4, 0.5) is 0 Å². The van der Waals surface area contributed by atoms with Gasteiger partial charge in [-0.2, -0.15) is 0 Å². The first-order valence-corrected chi connectivity index (χ1v) is 5.36. The Bertz CT molecular complexity index is 768. The lowest BCUT2D eigenvalue weighted by Gasteiger charge is -2.12. The zero-order chi connectivity index (χ0) is 12.0. The predicted octanol–water partition coefficient (Wildman–Crippen LogP) is 2.03. The first kappa shape index (κ1) is 9.96. The molecule has 4 nitrogen and oxygen atoms in total. The third-order valence-corrected chi connectivity index (χ3v) is 3.04. The Morgan fingerprint density at radius 1 is 1.35 bits per heavy atom. The number of aryl methyl sites for hydroxylation is 1. The molecule has 0 spiro atoms. The molecule has 2 aromatic heterocycles. The summed E-state index contributed by atoms with van der Waals surface area (Å²) in [5.41, 5.74) is 1.73. The number of methoxy groups -OCH3 is 1. The monoisotopic (exact) mass is 228 g/mol. The van der Waals surface area contributed by atoms with Crippen molar-refractivity contribution in [1.82, 2.24) is 9.55 Å². The van der Waals surface area contributed by atoms with Crippen LogP contribution < -0.4 is 10.2 Å². The summed E-state index contributed by atoms with van der Waals surface area (Å²) in [6, 6.07) is 5.50. The lowest BCUT2D eigenvalue weighted by molar-refractivity contribution is 0.414. The van der Waals surface area contributed by atoms with Gasteiger partial charge < -0.3 is 14.3 Å². The smallest absolute Gasteiger partial charge is 0.223 e. The van der Waals surface area contributed by atoms with Crippen LogP contribution in [-0.4, -0.2) is 16.7 Å². The third-order valence-electron chi connectivity index (χ3n) is 3.04. The molecule has 2 heterocycles. The third kappa shape index (κ3) is 1.27. The number of aromatic nitrogens is 2. The molecule has 4 heteroatoms. The number of hydrogen-bond donors (Lipinski definition) is 1. The van der Waals surface area contributed by atoms with Gasteiger partial charge in [-0.25, -0.2) is 0 Å². The zero-order valence-corrected chi connectivity index (χ0v) is 9.65. The Labute approximate surface area is 97.4 Å². The van der Waals surface area contributed by atoms with Gasteiger partial charge in [-0.05, 0) is 23.6 Å². The van der Waals surface area contributed by atoms with Crippen molar-refractivity contribution in [1.29, 1.82) is 0 Å². The molecule has 0 saturated heterocycles. The lowest BCUT2D eigenvalue weighted by Crippen LogP contribution is -2.08. The number of hydrogen-bond acceptors (Lipinski definition) is 2. The second kappa shape index (κ2) is 3.38. The molecule has 0 aliphatic heterocycles. The van der Waals surface area contributed by atoms with Crippen molar-refractivity contribution in [3.8, 4) is 5.75 Å². The van der Waals surface area contributed by atoms with Gasteiger partial charge >= 0.3 is 0 Å². The number of aromatic amines is 1. The van der Waals surface area contributed by atoms with Gasteiger partial charge in [-0.1, -0.05) is 0 Å². The lowest BCUT2D eigenvalue weighted by atomic mass is 10.1. The van der Waals surface area contributed by atoms with Gasteiger partial charge in [0.05, 0.1) is 12.6 Å². The maximum atomic E-state index is 11.9. The van der Waals surface area contributed by atoms with E-state index in [0.717, 1.165) is 21.8 Å². The molecule has 0 aliphatic rings. The molecule has 0 radical (unpaired) electrons. The highest BCUT2D eigenvalue weighted by Crippen LogP contribution is 2.28. The SMILES string of the molecule is COc1c(=O)cc2cc[nH]c3ccn(C)c1c23. The van der Waals surface area contributed by atoms with Crippen LogP contribution in [0.3, 0.4) is 0 Å². The van der Waals surface area contributed by atoms with E-state index in [-0.39, 0.29) is 5.43 Å². The Kier molecular flexibility index (Phi) is 1.98. The van der Waals surface area contributed by atoms with Crippen molar-refractivity contribution in [3.63, 3.8) is 0 Å². The number of nitrogens with zero attached hydrogens (tertiary/aromatic N) is 1. The minimum Gasteiger partial charge on any atom is -0.491 e. The first-order valence-electron chi connectivity index (χ1n) is 5.36. The van der Waals surface area contributed by atoms with E-state index in [9.17, 15) is 4.79 Å². The summed E-state index contributed by atoms with van der Waals surface area (Å²) in [5, 5.41) is 1.95. The summed E-state index contributed by atoms with van der Waals surface area (Å²) in [5.74, 6) is 0.394. The summed E-state index contributed by atoms with van der Waals surface area (Å²) < 4.78 is 7.14. The Hall–Kier alpha value is -2.23. The second-order valence-electron chi connectivity index (χ2n) is 4.04. The number of benzene rings is 1. The number of pyridine rings is 2. The minimum absolute atomic E-state index is 0.0886. The standard InChI is InChI=1S/C13H12N2O2/c1-15-6-4-9-11-8(3-5-14-9)7-10(16)13(17-2)12(11)15/h3-7,14H,1-2H3. The molecule has 0 atom stereocenters. The quantitative estimate of drug-likeness (QED) is 0.692. The van der Waals surface area contributed by atoms with Crippen molar-refractivity contribution in [2.24, 2.45) is 7.05 Å². The van der Waals surface area contributed by atoms with Gasteiger partial charge in [0.15, 0.2) is 5.75 Å². The number of H-pyrrole nitrogens is 1. The van der Waals surface area contributed by atoms with Crippen LogP contribution in [-0.2, 0) is 7.05 Å². The fourth-order valence-corrected chi connectivity index (χ4v) is 2.28. The molecule has 0 amide bonds. The normalized spacial score (nSPS) is 11.2. The van der Waals surface area contributed by atoms with Crippen molar-refractivity contribution >= 4 is 21.8 Å². The van der Waals surface area contributed by atoms with E-state index in [2.05, 4.69) is 4.98 Å². The van der Waals surface area contributed by atoms with Gasteiger partial charge in [0.25, 0.3) is 0 Å². The molecule has 3 aromatic rings. The molecule has 0 aliphatic carbocycles. The van der Waals surface area contributed by atoms with E-state index in [0.29, 0.717) is 5.75 Å². The van der Waals surface area contributed by atoms with E-state index in [1.54, 1.807) is 6.07 Å². The van der Waals surface area contributed by atoms with Crippen LogP contribution in [0.2, 0.25) is 0 Å². The Morgan fingerprint density at radius 3 is 2.94 bits per heavy atom. The highest BCUT2D eigenvalue weighted by atomic mass is 16.5. The van der Waals surface area contributed by atoms with E-state index in [1.807, 2.05) is 36.1 Å².